The number of aliphatic carboxylic acids is 1. The number of hydrogen-bond acceptors (Lipinski definition) is 1. The first-order chi connectivity index (χ1) is 5.29. The molecule has 0 radical (unpaired) electrons. The Morgan fingerprint density at radius 1 is 1.25 bits per heavy atom. The van der Waals surface area contributed by atoms with Gasteiger partial charge >= 0.3 is 23.6 Å². The summed E-state index contributed by atoms with van der Waals surface area (Å²) in [4.78, 5) is 10.2. The normalized spacial score (nSPS) is 8.67. The molecular formula is C9H14GeO2. The Morgan fingerprint density at radius 3 is 2.33 bits per heavy atom. The predicted octanol–water partition coefficient (Wildman–Crippen LogP) is 0.252. The summed E-state index contributed by atoms with van der Waals surface area (Å²) < 4.78 is 0. The summed E-state index contributed by atoms with van der Waals surface area (Å²) in [6.07, 6.45) is 0.834. The summed E-state index contributed by atoms with van der Waals surface area (Å²) in [5.74, 6) is -0.742. The van der Waals surface area contributed by atoms with Gasteiger partial charge in [-0.1, -0.05) is 30.3 Å². The molecule has 0 amide bonds. The summed E-state index contributed by atoms with van der Waals surface area (Å²) in [5.41, 5.74) is 1.08. The van der Waals surface area contributed by atoms with Crippen LogP contribution >= 0.6 is 0 Å². The molecule has 0 bridgehead atoms. The molecule has 1 N–H and O–H groups in total. The summed E-state index contributed by atoms with van der Waals surface area (Å²) >= 11 is 0. The Kier molecular flexibility index (Phi) is 5.46. The van der Waals surface area contributed by atoms with Crippen LogP contribution in [0.3, 0.4) is 0 Å². The van der Waals surface area contributed by atoms with Gasteiger partial charge in [0.25, 0.3) is 0 Å². The second-order valence-corrected chi connectivity index (χ2v) is 2.38. The van der Waals surface area contributed by atoms with Crippen LogP contribution in [0.15, 0.2) is 30.3 Å². The van der Waals surface area contributed by atoms with Gasteiger partial charge in [-0.2, -0.15) is 0 Å². The van der Waals surface area contributed by atoms with Crippen LogP contribution in [0, 0.1) is 0 Å². The van der Waals surface area contributed by atoms with Crippen molar-refractivity contribution in [1.29, 1.82) is 0 Å². The fourth-order valence-corrected chi connectivity index (χ4v) is 0.896. The van der Waals surface area contributed by atoms with E-state index in [4.69, 9.17) is 5.11 Å². The van der Waals surface area contributed by atoms with Crippen molar-refractivity contribution in [2.45, 2.75) is 12.8 Å². The molecular weight excluding hydrogens is 213 g/mol. The van der Waals surface area contributed by atoms with Gasteiger partial charge in [0.2, 0.25) is 0 Å². The van der Waals surface area contributed by atoms with E-state index in [9.17, 15) is 4.79 Å². The number of aryl methyl sites for hydroxylation is 1. The quantitative estimate of drug-likeness (QED) is 0.751. The zero-order valence-electron chi connectivity index (χ0n) is 6.16. The monoisotopic (exact) mass is 228 g/mol. The van der Waals surface area contributed by atoms with Crippen molar-refractivity contribution in [3.8, 4) is 0 Å². The molecule has 0 saturated heterocycles. The molecule has 0 atom stereocenters. The minimum absolute atomic E-state index is 0. The summed E-state index contributed by atoms with van der Waals surface area (Å²) in [6, 6.07) is 9.62. The Bertz CT molecular complexity index is 234. The van der Waals surface area contributed by atoms with Crippen LogP contribution in [0.25, 0.3) is 0 Å². The first kappa shape index (κ1) is 11.2. The fraction of sp³-hybridized carbons (Fsp3) is 0.222. The molecule has 0 fully saturated rings. The van der Waals surface area contributed by atoms with E-state index in [0.717, 1.165) is 5.56 Å². The van der Waals surface area contributed by atoms with Crippen LogP contribution in [0.4, 0.5) is 0 Å². The Hall–Kier alpha value is -0.767. The number of carbonyl (C=O) groups is 1. The topological polar surface area (TPSA) is 37.3 Å². The van der Waals surface area contributed by atoms with Gasteiger partial charge in [-0.25, -0.2) is 0 Å². The van der Waals surface area contributed by atoms with Crippen LogP contribution < -0.4 is 0 Å². The molecule has 1 aromatic rings. The summed E-state index contributed by atoms with van der Waals surface area (Å²) in [7, 11) is 0. The van der Waals surface area contributed by atoms with Gasteiger partial charge in [0.1, 0.15) is 0 Å². The Morgan fingerprint density at radius 2 is 1.83 bits per heavy atom. The number of benzene rings is 1. The number of rotatable bonds is 3. The Balaban J connectivity index is 0.00000121. The molecule has 0 aliphatic carbocycles. The third-order valence-electron chi connectivity index (χ3n) is 1.47. The third kappa shape index (κ3) is 4.18. The minimum atomic E-state index is -0.742. The SMILES string of the molecule is O=C(O)CCc1ccccc1.[GeH4]. The van der Waals surface area contributed by atoms with Gasteiger partial charge in [-0.15, -0.1) is 0 Å². The van der Waals surface area contributed by atoms with E-state index in [1.54, 1.807) is 0 Å². The molecule has 1 rings (SSSR count). The summed E-state index contributed by atoms with van der Waals surface area (Å²) in [5, 5.41) is 8.37. The molecule has 0 spiro atoms. The molecule has 66 valence electrons. The van der Waals surface area contributed by atoms with Crippen molar-refractivity contribution in [2.24, 2.45) is 0 Å². The van der Waals surface area contributed by atoms with Crippen molar-refractivity contribution < 1.29 is 9.90 Å². The zero-order valence-corrected chi connectivity index (χ0v) is 6.16. The van der Waals surface area contributed by atoms with Crippen molar-refractivity contribution in [3.63, 3.8) is 0 Å². The fourth-order valence-electron chi connectivity index (χ4n) is 0.896. The van der Waals surface area contributed by atoms with Crippen molar-refractivity contribution in [2.75, 3.05) is 0 Å². The van der Waals surface area contributed by atoms with Gasteiger partial charge in [-0.3, -0.25) is 4.79 Å². The maximum absolute atomic E-state index is 10.2. The molecule has 0 aliphatic rings. The Labute approximate surface area is 82.6 Å². The van der Waals surface area contributed by atoms with Crippen LogP contribution in [-0.4, -0.2) is 28.7 Å². The molecule has 0 heterocycles. The molecule has 2 nitrogen and oxygen atoms in total. The molecule has 0 aliphatic heterocycles. The van der Waals surface area contributed by atoms with E-state index < -0.39 is 5.97 Å². The van der Waals surface area contributed by atoms with Gasteiger partial charge in [0, 0.05) is 6.42 Å². The van der Waals surface area contributed by atoms with E-state index >= 15 is 0 Å². The van der Waals surface area contributed by atoms with Crippen molar-refractivity contribution in [3.05, 3.63) is 35.9 Å². The van der Waals surface area contributed by atoms with E-state index in [2.05, 4.69) is 0 Å². The number of carboxylic acids is 1. The van der Waals surface area contributed by atoms with Crippen LogP contribution in [0.1, 0.15) is 12.0 Å². The molecule has 0 aromatic heterocycles. The average Bonchev–Trinajstić information content (AvgIpc) is 2.03. The zero-order chi connectivity index (χ0) is 8.10. The summed E-state index contributed by atoms with van der Waals surface area (Å²) in [6.45, 7) is 0. The van der Waals surface area contributed by atoms with E-state index in [1.165, 1.54) is 0 Å². The second kappa shape index (κ2) is 5.83. The van der Waals surface area contributed by atoms with Crippen molar-refractivity contribution in [1.82, 2.24) is 0 Å². The van der Waals surface area contributed by atoms with Crippen LogP contribution in [0.2, 0.25) is 0 Å². The average molecular weight is 227 g/mol. The first-order valence-corrected chi connectivity index (χ1v) is 3.55. The van der Waals surface area contributed by atoms with Crippen LogP contribution in [-0.2, 0) is 11.2 Å². The molecule has 0 unspecified atom stereocenters. The maximum atomic E-state index is 10.2. The van der Waals surface area contributed by atoms with Gasteiger partial charge in [0.05, 0.1) is 0 Å². The van der Waals surface area contributed by atoms with E-state index in [1.807, 2.05) is 30.3 Å². The van der Waals surface area contributed by atoms with Crippen molar-refractivity contribution >= 4 is 23.6 Å². The molecule has 0 saturated carbocycles. The van der Waals surface area contributed by atoms with E-state index in [-0.39, 0.29) is 24.0 Å². The number of hydrogen-bond donors (Lipinski definition) is 1. The molecule has 12 heavy (non-hydrogen) atoms. The predicted molar refractivity (Wildman–Crippen MR) is 53.7 cm³/mol. The van der Waals surface area contributed by atoms with Gasteiger partial charge in [-0.05, 0) is 12.0 Å². The molecule has 3 heteroatoms. The third-order valence-corrected chi connectivity index (χ3v) is 1.47. The molecule has 1 aromatic carbocycles. The van der Waals surface area contributed by atoms with Gasteiger partial charge < -0.3 is 5.11 Å². The number of carboxylic acid groups (broad SMARTS) is 1. The second-order valence-electron chi connectivity index (χ2n) is 2.38. The van der Waals surface area contributed by atoms with Crippen LogP contribution in [0.5, 0.6) is 0 Å². The standard InChI is InChI=1S/C9H10O2.GeH4/c10-9(11)7-6-8-4-2-1-3-5-8;/h1-5H,6-7H2,(H,10,11);1H4. The van der Waals surface area contributed by atoms with E-state index in [0.29, 0.717) is 6.42 Å². The van der Waals surface area contributed by atoms with Gasteiger partial charge in [0.15, 0.2) is 0 Å². The first-order valence-electron chi connectivity index (χ1n) is 3.55.